The van der Waals surface area contributed by atoms with E-state index in [1.165, 1.54) is 6.92 Å². The number of aliphatic hydroxyl groups is 1. The fourth-order valence-corrected chi connectivity index (χ4v) is 1.64. The maximum absolute atomic E-state index is 10.6. The number of ether oxygens (including phenoxy) is 1. The highest BCUT2D eigenvalue weighted by atomic mass is 16.5. The van der Waals surface area contributed by atoms with Gasteiger partial charge in [-0.05, 0) is 25.7 Å². The van der Waals surface area contributed by atoms with E-state index in [1.54, 1.807) is 6.08 Å². The minimum atomic E-state index is -0.988. The Hall–Kier alpha value is -1.09. The summed E-state index contributed by atoms with van der Waals surface area (Å²) in [6.45, 7) is 7.24. The van der Waals surface area contributed by atoms with Crippen LogP contribution in [-0.2, 0) is 9.53 Å². The maximum Gasteiger partial charge on any atom is 0.302 e. The molecule has 1 rings (SSSR count). The third-order valence-electron chi connectivity index (χ3n) is 2.69. The van der Waals surface area contributed by atoms with Gasteiger partial charge in [-0.1, -0.05) is 24.3 Å². The van der Waals surface area contributed by atoms with Crippen molar-refractivity contribution in [3.63, 3.8) is 0 Å². The van der Waals surface area contributed by atoms with Gasteiger partial charge < -0.3 is 9.84 Å². The molecule has 0 amide bonds. The van der Waals surface area contributed by atoms with Gasteiger partial charge in [0.1, 0.15) is 12.2 Å². The molecule has 0 fully saturated rings. The quantitative estimate of drug-likeness (QED) is 0.571. The molecule has 3 nitrogen and oxygen atoms in total. The molecule has 1 aliphatic carbocycles. The molecule has 0 saturated heterocycles. The number of allylic oxidation sites excluding steroid dienone is 2. The van der Waals surface area contributed by atoms with Gasteiger partial charge in [0.05, 0.1) is 0 Å². The van der Waals surface area contributed by atoms with E-state index in [1.807, 2.05) is 13.0 Å². The van der Waals surface area contributed by atoms with Gasteiger partial charge in [0.2, 0.25) is 0 Å². The summed E-state index contributed by atoms with van der Waals surface area (Å²) in [5.41, 5.74) is 0.109. The van der Waals surface area contributed by atoms with Crippen molar-refractivity contribution in [2.75, 3.05) is 6.61 Å². The lowest BCUT2D eigenvalue weighted by molar-refractivity contribution is -0.147. The molecule has 15 heavy (non-hydrogen) atoms. The topological polar surface area (TPSA) is 46.5 Å². The maximum atomic E-state index is 10.6. The SMILES string of the molecule is C=C(C)[C@@H]1C=C[C@@](O)(COC(C)=O)CC1. The summed E-state index contributed by atoms with van der Waals surface area (Å²) in [5.74, 6) is -0.0264. The van der Waals surface area contributed by atoms with Gasteiger partial charge in [0.25, 0.3) is 0 Å². The standard InChI is InChI=1S/C12H18O3/c1-9(2)11-4-6-12(14,7-5-11)8-15-10(3)13/h4,6,11,14H,1,5,7-8H2,2-3H3/t11-,12+/m1/s1. The van der Waals surface area contributed by atoms with Gasteiger partial charge in [-0.15, -0.1) is 0 Å². The van der Waals surface area contributed by atoms with Crippen molar-refractivity contribution in [3.8, 4) is 0 Å². The molecule has 0 aliphatic heterocycles. The van der Waals surface area contributed by atoms with Crippen LogP contribution >= 0.6 is 0 Å². The van der Waals surface area contributed by atoms with Crippen molar-refractivity contribution in [1.29, 1.82) is 0 Å². The van der Waals surface area contributed by atoms with Crippen LogP contribution in [0.3, 0.4) is 0 Å². The van der Waals surface area contributed by atoms with Crippen LogP contribution in [0.5, 0.6) is 0 Å². The summed E-state index contributed by atoms with van der Waals surface area (Å²) in [5, 5.41) is 10.0. The van der Waals surface area contributed by atoms with Crippen LogP contribution in [0.15, 0.2) is 24.3 Å². The second-order valence-corrected chi connectivity index (χ2v) is 4.23. The number of carbonyl (C=O) groups is 1. The van der Waals surface area contributed by atoms with Crippen molar-refractivity contribution in [1.82, 2.24) is 0 Å². The van der Waals surface area contributed by atoms with Crippen molar-refractivity contribution in [3.05, 3.63) is 24.3 Å². The first kappa shape index (κ1) is 12.0. The smallest absolute Gasteiger partial charge is 0.302 e. The van der Waals surface area contributed by atoms with Crippen molar-refractivity contribution < 1.29 is 14.6 Å². The van der Waals surface area contributed by atoms with Gasteiger partial charge in [-0.3, -0.25) is 4.79 Å². The third-order valence-corrected chi connectivity index (χ3v) is 2.69. The molecule has 0 radical (unpaired) electrons. The largest absolute Gasteiger partial charge is 0.462 e. The van der Waals surface area contributed by atoms with Crippen molar-refractivity contribution >= 4 is 5.97 Å². The lowest BCUT2D eigenvalue weighted by Gasteiger charge is -2.30. The Morgan fingerprint density at radius 2 is 2.33 bits per heavy atom. The molecule has 0 heterocycles. The van der Waals surface area contributed by atoms with E-state index in [9.17, 15) is 9.90 Å². The molecule has 0 aromatic heterocycles. The zero-order valence-corrected chi connectivity index (χ0v) is 9.32. The monoisotopic (exact) mass is 210 g/mol. The van der Waals surface area contributed by atoms with Crippen LogP contribution in [0.25, 0.3) is 0 Å². The summed E-state index contributed by atoms with van der Waals surface area (Å²) < 4.78 is 4.82. The average Bonchev–Trinajstić information content (AvgIpc) is 2.16. The van der Waals surface area contributed by atoms with E-state index in [0.29, 0.717) is 12.3 Å². The predicted octanol–water partition coefficient (Wildman–Crippen LogP) is 1.82. The fourth-order valence-electron chi connectivity index (χ4n) is 1.64. The van der Waals surface area contributed by atoms with Gasteiger partial charge in [-0.2, -0.15) is 0 Å². The van der Waals surface area contributed by atoms with Crippen molar-refractivity contribution in [2.45, 2.75) is 32.3 Å². The number of hydrogen-bond donors (Lipinski definition) is 1. The van der Waals surface area contributed by atoms with E-state index < -0.39 is 5.60 Å². The molecule has 0 spiro atoms. The second kappa shape index (κ2) is 4.62. The zero-order valence-electron chi connectivity index (χ0n) is 9.32. The first-order chi connectivity index (χ1) is 6.93. The highest BCUT2D eigenvalue weighted by Crippen LogP contribution is 2.29. The first-order valence-electron chi connectivity index (χ1n) is 5.13. The summed E-state index contributed by atoms with van der Waals surface area (Å²) in [6.07, 6.45) is 5.12. The number of rotatable bonds is 3. The number of carbonyl (C=O) groups excluding carboxylic acids is 1. The Labute approximate surface area is 90.4 Å². The Kier molecular flexibility index (Phi) is 3.69. The van der Waals surface area contributed by atoms with Crippen LogP contribution in [0.1, 0.15) is 26.7 Å². The summed E-state index contributed by atoms with van der Waals surface area (Å²) in [4.78, 5) is 10.6. The highest BCUT2D eigenvalue weighted by Gasteiger charge is 2.29. The van der Waals surface area contributed by atoms with Crippen LogP contribution in [-0.4, -0.2) is 23.3 Å². The van der Waals surface area contributed by atoms with Crippen LogP contribution in [0.4, 0.5) is 0 Å². The molecule has 0 unspecified atom stereocenters. The Bertz CT molecular complexity index is 293. The molecule has 0 bridgehead atoms. The van der Waals surface area contributed by atoms with Gasteiger partial charge in [-0.25, -0.2) is 0 Å². The van der Waals surface area contributed by atoms with Gasteiger partial charge >= 0.3 is 5.97 Å². The van der Waals surface area contributed by atoms with E-state index in [0.717, 1.165) is 12.0 Å². The van der Waals surface area contributed by atoms with Crippen LogP contribution in [0.2, 0.25) is 0 Å². The van der Waals surface area contributed by atoms with E-state index in [4.69, 9.17) is 4.74 Å². The summed E-state index contributed by atoms with van der Waals surface area (Å²) >= 11 is 0. The summed E-state index contributed by atoms with van der Waals surface area (Å²) in [7, 11) is 0. The fraction of sp³-hybridized carbons (Fsp3) is 0.583. The van der Waals surface area contributed by atoms with E-state index in [-0.39, 0.29) is 12.6 Å². The van der Waals surface area contributed by atoms with E-state index in [2.05, 4.69) is 6.58 Å². The van der Waals surface area contributed by atoms with Crippen molar-refractivity contribution in [2.24, 2.45) is 5.92 Å². The van der Waals surface area contributed by atoms with Gasteiger partial charge in [0.15, 0.2) is 0 Å². The second-order valence-electron chi connectivity index (χ2n) is 4.23. The lowest BCUT2D eigenvalue weighted by Crippen LogP contribution is -2.36. The zero-order chi connectivity index (χ0) is 11.5. The number of esters is 1. The molecule has 1 aliphatic rings. The molecule has 2 atom stereocenters. The molecule has 0 saturated carbocycles. The molecular weight excluding hydrogens is 192 g/mol. The Morgan fingerprint density at radius 1 is 1.67 bits per heavy atom. The molecule has 84 valence electrons. The lowest BCUT2D eigenvalue weighted by atomic mass is 9.83. The van der Waals surface area contributed by atoms with Crippen LogP contribution in [0, 0.1) is 5.92 Å². The molecule has 1 N–H and O–H groups in total. The molecular formula is C12H18O3. The normalized spacial score (nSPS) is 29.9. The number of hydrogen-bond acceptors (Lipinski definition) is 3. The average molecular weight is 210 g/mol. The van der Waals surface area contributed by atoms with Crippen LogP contribution < -0.4 is 0 Å². The molecule has 3 heteroatoms. The highest BCUT2D eigenvalue weighted by molar-refractivity contribution is 5.66. The van der Waals surface area contributed by atoms with E-state index >= 15 is 0 Å². The summed E-state index contributed by atoms with van der Waals surface area (Å²) in [6, 6.07) is 0. The molecule has 0 aromatic rings. The predicted molar refractivity (Wildman–Crippen MR) is 58.3 cm³/mol. The first-order valence-corrected chi connectivity index (χ1v) is 5.13. The minimum absolute atomic E-state index is 0.0434. The third kappa shape index (κ3) is 3.51. The Balaban J connectivity index is 2.55. The van der Waals surface area contributed by atoms with Gasteiger partial charge in [0, 0.05) is 6.92 Å². The molecule has 0 aromatic carbocycles. The Morgan fingerprint density at radius 3 is 2.73 bits per heavy atom. The minimum Gasteiger partial charge on any atom is -0.462 e.